The van der Waals surface area contributed by atoms with Gasteiger partial charge >= 0.3 is 0 Å². The highest BCUT2D eigenvalue weighted by Crippen LogP contribution is 2.45. The Labute approximate surface area is 118 Å². The molecular formula is C15H10O2S2. The largest absolute Gasteiger partial charge is 0.506 e. The first-order chi connectivity index (χ1) is 9.29. The molecule has 0 unspecified atom stereocenters. The summed E-state index contributed by atoms with van der Waals surface area (Å²) in [5, 5.41) is 13.8. The van der Waals surface area contributed by atoms with Gasteiger partial charge in [0.05, 0.1) is 4.88 Å². The van der Waals surface area contributed by atoms with Crippen LogP contribution in [-0.4, -0.2) is 11.4 Å². The molecule has 0 aliphatic carbocycles. The number of rotatable bonds is 3. The first-order valence-electron chi connectivity index (χ1n) is 5.69. The molecule has 2 heterocycles. The standard InChI is InChI=1S/C15H10O2S2/c16-8-10-3-1-4-11(7-10)14-12(17)9-19-15(14)13-5-2-6-18-13/h1-9,17H. The van der Waals surface area contributed by atoms with Crippen molar-refractivity contribution in [2.75, 3.05) is 0 Å². The van der Waals surface area contributed by atoms with Crippen LogP contribution in [0.3, 0.4) is 0 Å². The van der Waals surface area contributed by atoms with E-state index in [1.54, 1.807) is 28.8 Å². The molecule has 0 aliphatic rings. The van der Waals surface area contributed by atoms with E-state index in [4.69, 9.17) is 0 Å². The topological polar surface area (TPSA) is 37.3 Å². The Kier molecular flexibility index (Phi) is 3.19. The second-order valence-electron chi connectivity index (χ2n) is 4.05. The van der Waals surface area contributed by atoms with Crippen LogP contribution in [0.15, 0.2) is 47.2 Å². The van der Waals surface area contributed by atoms with E-state index >= 15 is 0 Å². The van der Waals surface area contributed by atoms with Crippen molar-refractivity contribution in [3.63, 3.8) is 0 Å². The summed E-state index contributed by atoms with van der Waals surface area (Å²) in [6.07, 6.45) is 0.817. The van der Waals surface area contributed by atoms with E-state index in [1.165, 1.54) is 11.3 Å². The molecule has 3 aromatic rings. The number of aldehydes is 1. The van der Waals surface area contributed by atoms with Gasteiger partial charge < -0.3 is 5.11 Å². The Bertz CT molecular complexity index is 712. The maximum atomic E-state index is 10.9. The normalized spacial score (nSPS) is 10.5. The Hall–Kier alpha value is -1.91. The average Bonchev–Trinajstić information content (AvgIpc) is 3.07. The Balaban J connectivity index is 2.19. The molecular weight excluding hydrogens is 276 g/mol. The second-order valence-corrected chi connectivity index (χ2v) is 5.87. The highest BCUT2D eigenvalue weighted by atomic mass is 32.1. The predicted octanol–water partition coefficient (Wildman–Crippen LogP) is 4.66. The van der Waals surface area contributed by atoms with E-state index in [0.717, 1.165) is 27.2 Å². The molecule has 2 nitrogen and oxygen atoms in total. The maximum absolute atomic E-state index is 10.9. The second kappa shape index (κ2) is 4.99. The number of thiophene rings is 2. The number of hydrogen-bond donors (Lipinski definition) is 1. The Morgan fingerprint density at radius 3 is 2.74 bits per heavy atom. The van der Waals surface area contributed by atoms with Gasteiger partial charge in [0.2, 0.25) is 0 Å². The summed E-state index contributed by atoms with van der Waals surface area (Å²) in [5.74, 6) is 0.261. The van der Waals surface area contributed by atoms with Crippen LogP contribution in [0.1, 0.15) is 10.4 Å². The lowest BCUT2D eigenvalue weighted by molar-refractivity contribution is 0.112. The van der Waals surface area contributed by atoms with Gasteiger partial charge in [-0.05, 0) is 23.1 Å². The third-order valence-corrected chi connectivity index (χ3v) is 4.85. The molecule has 94 valence electrons. The molecule has 3 rings (SSSR count). The van der Waals surface area contributed by atoms with E-state index in [0.29, 0.717) is 5.56 Å². The lowest BCUT2D eigenvalue weighted by Crippen LogP contribution is -1.82. The molecule has 0 fully saturated rings. The SMILES string of the molecule is O=Cc1cccc(-c2c(O)csc2-c2cccs2)c1. The maximum Gasteiger partial charge on any atom is 0.150 e. The van der Waals surface area contributed by atoms with Crippen LogP contribution in [0.25, 0.3) is 20.9 Å². The number of hydrogen-bond acceptors (Lipinski definition) is 4. The van der Waals surface area contributed by atoms with Gasteiger partial charge in [0, 0.05) is 21.4 Å². The van der Waals surface area contributed by atoms with Crippen LogP contribution < -0.4 is 0 Å². The van der Waals surface area contributed by atoms with Gasteiger partial charge in [0.1, 0.15) is 12.0 Å². The van der Waals surface area contributed by atoms with Crippen LogP contribution in [0, 0.1) is 0 Å². The first-order valence-corrected chi connectivity index (χ1v) is 7.45. The predicted molar refractivity (Wildman–Crippen MR) is 80.1 cm³/mol. The Morgan fingerprint density at radius 2 is 2.00 bits per heavy atom. The molecule has 0 atom stereocenters. The fourth-order valence-corrected chi connectivity index (χ4v) is 3.81. The summed E-state index contributed by atoms with van der Waals surface area (Å²) < 4.78 is 0. The van der Waals surface area contributed by atoms with Crippen molar-refractivity contribution < 1.29 is 9.90 Å². The minimum atomic E-state index is 0.261. The van der Waals surface area contributed by atoms with Gasteiger partial charge in [-0.15, -0.1) is 22.7 Å². The van der Waals surface area contributed by atoms with E-state index in [1.807, 2.05) is 29.6 Å². The lowest BCUT2D eigenvalue weighted by atomic mass is 10.0. The van der Waals surface area contributed by atoms with Crippen molar-refractivity contribution >= 4 is 29.0 Å². The Morgan fingerprint density at radius 1 is 1.11 bits per heavy atom. The van der Waals surface area contributed by atoms with E-state index < -0.39 is 0 Å². The smallest absolute Gasteiger partial charge is 0.150 e. The quantitative estimate of drug-likeness (QED) is 0.711. The van der Waals surface area contributed by atoms with Gasteiger partial charge in [-0.2, -0.15) is 0 Å². The summed E-state index contributed by atoms with van der Waals surface area (Å²) in [6, 6.07) is 11.3. The summed E-state index contributed by atoms with van der Waals surface area (Å²) in [5.41, 5.74) is 2.28. The van der Waals surface area contributed by atoms with Crippen molar-refractivity contribution in [3.05, 3.63) is 52.7 Å². The molecule has 19 heavy (non-hydrogen) atoms. The molecule has 0 amide bonds. The van der Waals surface area contributed by atoms with Crippen molar-refractivity contribution in [1.82, 2.24) is 0 Å². The molecule has 2 aromatic heterocycles. The lowest BCUT2D eigenvalue weighted by Gasteiger charge is -2.04. The third kappa shape index (κ3) is 2.20. The fraction of sp³-hybridized carbons (Fsp3) is 0. The molecule has 1 N–H and O–H groups in total. The molecule has 0 radical (unpaired) electrons. The average molecular weight is 286 g/mol. The number of benzene rings is 1. The third-order valence-electron chi connectivity index (χ3n) is 2.83. The van der Waals surface area contributed by atoms with E-state index in [2.05, 4.69) is 0 Å². The molecule has 0 saturated heterocycles. The minimum absolute atomic E-state index is 0.261. The van der Waals surface area contributed by atoms with Crippen LogP contribution in [-0.2, 0) is 0 Å². The van der Waals surface area contributed by atoms with Crippen LogP contribution in [0.2, 0.25) is 0 Å². The fourth-order valence-electron chi connectivity index (χ4n) is 1.98. The van der Waals surface area contributed by atoms with Crippen molar-refractivity contribution in [2.24, 2.45) is 0 Å². The molecule has 0 spiro atoms. The van der Waals surface area contributed by atoms with Gasteiger partial charge in [0.15, 0.2) is 0 Å². The monoisotopic (exact) mass is 286 g/mol. The molecule has 0 bridgehead atoms. The molecule has 0 saturated carbocycles. The molecule has 4 heteroatoms. The molecule has 0 aliphatic heterocycles. The summed E-state index contributed by atoms with van der Waals surface area (Å²) >= 11 is 3.15. The van der Waals surface area contributed by atoms with Gasteiger partial charge in [-0.25, -0.2) is 0 Å². The summed E-state index contributed by atoms with van der Waals surface area (Å²) in [6.45, 7) is 0. The first kappa shape index (κ1) is 12.1. The van der Waals surface area contributed by atoms with Gasteiger partial charge in [0.25, 0.3) is 0 Å². The molecule has 1 aromatic carbocycles. The van der Waals surface area contributed by atoms with Gasteiger partial charge in [-0.3, -0.25) is 4.79 Å². The van der Waals surface area contributed by atoms with Crippen LogP contribution in [0.5, 0.6) is 5.75 Å². The highest BCUT2D eigenvalue weighted by Gasteiger charge is 2.15. The number of aromatic hydroxyl groups is 1. The van der Waals surface area contributed by atoms with Crippen molar-refractivity contribution in [3.8, 4) is 26.6 Å². The van der Waals surface area contributed by atoms with Crippen molar-refractivity contribution in [2.45, 2.75) is 0 Å². The zero-order valence-electron chi connectivity index (χ0n) is 9.87. The summed E-state index contributed by atoms with van der Waals surface area (Å²) in [7, 11) is 0. The van der Waals surface area contributed by atoms with E-state index in [-0.39, 0.29) is 5.75 Å². The summed E-state index contributed by atoms with van der Waals surface area (Å²) in [4.78, 5) is 13.0. The van der Waals surface area contributed by atoms with Crippen molar-refractivity contribution in [1.29, 1.82) is 0 Å². The minimum Gasteiger partial charge on any atom is -0.506 e. The van der Waals surface area contributed by atoms with E-state index in [9.17, 15) is 9.90 Å². The highest BCUT2D eigenvalue weighted by molar-refractivity contribution is 7.21. The van der Waals surface area contributed by atoms with Crippen LogP contribution >= 0.6 is 22.7 Å². The number of carbonyl (C=O) groups excluding carboxylic acids is 1. The zero-order chi connectivity index (χ0) is 13.2. The van der Waals surface area contributed by atoms with Crippen LogP contribution in [0.4, 0.5) is 0 Å². The zero-order valence-corrected chi connectivity index (χ0v) is 11.5. The van der Waals surface area contributed by atoms with Gasteiger partial charge in [-0.1, -0.05) is 24.3 Å². The number of carbonyl (C=O) groups is 1.